The highest BCUT2D eigenvalue weighted by atomic mass is 35.7. The van der Waals surface area contributed by atoms with Crippen molar-refractivity contribution in [1.82, 2.24) is 5.32 Å². The lowest BCUT2D eigenvalue weighted by molar-refractivity contribution is 0.0939. The molecule has 100 valence electrons. The number of halogens is 1. The van der Waals surface area contributed by atoms with Crippen LogP contribution in [0.5, 0.6) is 0 Å². The summed E-state index contributed by atoms with van der Waals surface area (Å²) in [7, 11) is 1.42. The molecular formula is C12H16ClNO3S. The SMILES string of the molecule is CC(C)(C)CNC(=O)c1cccc(S(=O)(=O)Cl)c1. The van der Waals surface area contributed by atoms with Crippen molar-refractivity contribution in [2.75, 3.05) is 6.54 Å². The number of nitrogens with one attached hydrogen (secondary N) is 1. The van der Waals surface area contributed by atoms with Crippen molar-refractivity contribution in [3.63, 3.8) is 0 Å². The van der Waals surface area contributed by atoms with E-state index in [4.69, 9.17) is 10.7 Å². The second kappa shape index (κ2) is 5.28. The predicted octanol–water partition coefficient (Wildman–Crippen LogP) is 2.39. The van der Waals surface area contributed by atoms with Gasteiger partial charge in [0.2, 0.25) is 0 Å². The molecule has 6 heteroatoms. The Bertz CT molecular complexity index is 547. The minimum Gasteiger partial charge on any atom is -0.352 e. The molecule has 1 rings (SSSR count). The van der Waals surface area contributed by atoms with Gasteiger partial charge in [0.15, 0.2) is 0 Å². The lowest BCUT2D eigenvalue weighted by Gasteiger charge is -2.18. The first-order chi connectivity index (χ1) is 8.09. The van der Waals surface area contributed by atoms with Crippen molar-refractivity contribution in [2.45, 2.75) is 25.7 Å². The molecule has 0 saturated carbocycles. The predicted molar refractivity (Wildman–Crippen MR) is 71.3 cm³/mol. The van der Waals surface area contributed by atoms with Crippen molar-refractivity contribution >= 4 is 25.6 Å². The van der Waals surface area contributed by atoms with Gasteiger partial charge in [-0.25, -0.2) is 8.42 Å². The van der Waals surface area contributed by atoms with E-state index in [2.05, 4.69) is 5.32 Å². The quantitative estimate of drug-likeness (QED) is 0.869. The molecule has 0 bridgehead atoms. The van der Waals surface area contributed by atoms with Gasteiger partial charge in [0, 0.05) is 22.8 Å². The summed E-state index contributed by atoms with van der Waals surface area (Å²) < 4.78 is 22.3. The van der Waals surface area contributed by atoms with Crippen LogP contribution >= 0.6 is 10.7 Å². The molecule has 0 aliphatic rings. The summed E-state index contributed by atoms with van der Waals surface area (Å²) >= 11 is 0. The molecule has 0 fully saturated rings. The van der Waals surface area contributed by atoms with E-state index in [1.54, 1.807) is 6.07 Å². The molecule has 1 amide bonds. The second-order valence-electron chi connectivity index (χ2n) is 5.21. The Hall–Kier alpha value is -1.07. The molecule has 0 aliphatic heterocycles. The summed E-state index contributed by atoms with van der Waals surface area (Å²) in [4.78, 5) is 11.7. The van der Waals surface area contributed by atoms with Crippen LogP contribution < -0.4 is 5.32 Å². The first-order valence-electron chi connectivity index (χ1n) is 5.42. The van der Waals surface area contributed by atoms with Crippen LogP contribution in [-0.2, 0) is 9.05 Å². The summed E-state index contributed by atoms with van der Waals surface area (Å²) in [5.41, 5.74) is 0.243. The van der Waals surface area contributed by atoms with Crippen LogP contribution in [-0.4, -0.2) is 20.9 Å². The Morgan fingerprint density at radius 2 is 1.94 bits per heavy atom. The molecule has 0 spiro atoms. The number of amides is 1. The number of carbonyl (C=O) groups is 1. The van der Waals surface area contributed by atoms with Gasteiger partial charge in [0.1, 0.15) is 0 Å². The highest BCUT2D eigenvalue weighted by Crippen LogP contribution is 2.16. The molecule has 1 aromatic rings. The molecule has 18 heavy (non-hydrogen) atoms. The van der Waals surface area contributed by atoms with Crippen LogP contribution in [0.1, 0.15) is 31.1 Å². The van der Waals surface area contributed by atoms with E-state index in [9.17, 15) is 13.2 Å². The van der Waals surface area contributed by atoms with Crippen LogP contribution in [0.15, 0.2) is 29.2 Å². The van der Waals surface area contributed by atoms with E-state index in [0.29, 0.717) is 6.54 Å². The number of hydrogen-bond donors (Lipinski definition) is 1. The third kappa shape index (κ3) is 4.66. The van der Waals surface area contributed by atoms with Gasteiger partial charge in [-0.3, -0.25) is 4.79 Å². The largest absolute Gasteiger partial charge is 0.352 e. The molecule has 0 heterocycles. The maximum absolute atomic E-state index is 11.8. The maximum atomic E-state index is 11.8. The van der Waals surface area contributed by atoms with Gasteiger partial charge < -0.3 is 5.32 Å². The van der Waals surface area contributed by atoms with Gasteiger partial charge >= 0.3 is 0 Å². The third-order valence-corrected chi connectivity index (χ3v) is 3.51. The zero-order chi connectivity index (χ0) is 14.0. The van der Waals surface area contributed by atoms with Gasteiger partial charge in [-0.2, -0.15) is 0 Å². The second-order valence-corrected chi connectivity index (χ2v) is 7.77. The fraction of sp³-hybridized carbons (Fsp3) is 0.417. The van der Waals surface area contributed by atoms with Crippen molar-refractivity contribution in [1.29, 1.82) is 0 Å². The van der Waals surface area contributed by atoms with E-state index in [0.717, 1.165) is 0 Å². The van der Waals surface area contributed by atoms with Gasteiger partial charge in [-0.1, -0.05) is 26.8 Å². The Labute approximate surface area is 112 Å². The molecule has 0 unspecified atom stereocenters. The first-order valence-corrected chi connectivity index (χ1v) is 7.73. The van der Waals surface area contributed by atoms with E-state index in [1.807, 2.05) is 20.8 Å². The smallest absolute Gasteiger partial charge is 0.261 e. The van der Waals surface area contributed by atoms with Crippen LogP contribution in [0.4, 0.5) is 0 Å². The standard InChI is InChI=1S/C12H16ClNO3S/c1-12(2,3)8-14-11(15)9-5-4-6-10(7-9)18(13,16)17/h4-7H,8H2,1-3H3,(H,14,15). The van der Waals surface area contributed by atoms with E-state index in [1.165, 1.54) is 18.2 Å². The molecule has 1 N–H and O–H groups in total. The van der Waals surface area contributed by atoms with Gasteiger partial charge in [-0.15, -0.1) is 0 Å². The molecule has 4 nitrogen and oxygen atoms in total. The topological polar surface area (TPSA) is 63.2 Å². The van der Waals surface area contributed by atoms with Gasteiger partial charge in [-0.05, 0) is 23.6 Å². The lowest BCUT2D eigenvalue weighted by atomic mass is 9.97. The minimum atomic E-state index is -3.81. The molecule has 0 aromatic heterocycles. The van der Waals surface area contributed by atoms with Crippen molar-refractivity contribution in [2.24, 2.45) is 5.41 Å². The number of carbonyl (C=O) groups excluding carboxylic acids is 1. The van der Waals surface area contributed by atoms with E-state index >= 15 is 0 Å². The van der Waals surface area contributed by atoms with Crippen molar-refractivity contribution < 1.29 is 13.2 Å². The molecular weight excluding hydrogens is 274 g/mol. The van der Waals surface area contributed by atoms with Crippen LogP contribution in [0.2, 0.25) is 0 Å². The average Bonchev–Trinajstić information content (AvgIpc) is 2.24. The summed E-state index contributed by atoms with van der Waals surface area (Å²) in [6.07, 6.45) is 0. The molecule has 0 atom stereocenters. The highest BCUT2D eigenvalue weighted by molar-refractivity contribution is 8.13. The van der Waals surface area contributed by atoms with Crippen molar-refractivity contribution in [3.05, 3.63) is 29.8 Å². The number of rotatable bonds is 3. The Balaban J connectivity index is 2.88. The van der Waals surface area contributed by atoms with Crippen LogP contribution in [0.25, 0.3) is 0 Å². The monoisotopic (exact) mass is 289 g/mol. The molecule has 1 aromatic carbocycles. The van der Waals surface area contributed by atoms with Crippen LogP contribution in [0, 0.1) is 5.41 Å². The highest BCUT2D eigenvalue weighted by Gasteiger charge is 2.15. The van der Waals surface area contributed by atoms with Crippen molar-refractivity contribution in [3.8, 4) is 0 Å². The zero-order valence-electron chi connectivity index (χ0n) is 10.5. The maximum Gasteiger partial charge on any atom is 0.261 e. The molecule has 0 aliphatic carbocycles. The minimum absolute atomic E-state index is 0.0359. The summed E-state index contributed by atoms with van der Waals surface area (Å²) in [5.74, 6) is -0.313. The fourth-order valence-corrected chi connectivity index (χ4v) is 2.03. The normalized spacial score (nSPS) is 12.2. The summed E-state index contributed by atoms with van der Waals surface area (Å²) in [5, 5.41) is 2.74. The Kier molecular flexibility index (Phi) is 4.40. The first kappa shape index (κ1) is 15.0. The van der Waals surface area contributed by atoms with E-state index < -0.39 is 9.05 Å². The molecule has 0 radical (unpaired) electrons. The number of benzene rings is 1. The fourth-order valence-electron chi connectivity index (χ4n) is 1.24. The van der Waals surface area contributed by atoms with Crippen LogP contribution in [0.3, 0.4) is 0 Å². The zero-order valence-corrected chi connectivity index (χ0v) is 12.1. The number of hydrogen-bond acceptors (Lipinski definition) is 3. The summed E-state index contributed by atoms with van der Waals surface area (Å²) in [6.45, 7) is 6.48. The lowest BCUT2D eigenvalue weighted by Crippen LogP contribution is -2.32. The average molecular weight is 290 g/mol. The van der Waals surface area contributed by atoms with E-state index in [-0.39, 0.29) is 21.8 Å². The van der Waals surface area contributed by atoms with Gasteiger partial charge in [0.05, 0.1) is 4.90 Å². The third-order valence-electron chi connectivity index (χ3n) is 2.16. The van der Waals surface area contributed by atoms with Gasteiger partial charge in [0.25, 0.3) is 15.0 Å². The molecule has 0 saturated heterocycles. The Morgan fingerprint density at radius 3 is 2.44 bits per heavy atom. The Morgan fingerprint density at radius 1 is 1.33 bits per heavy atom. The summed E-state index contributed by atoms with van der Waals surface area (Å²) in [6, 6.07) is 5.65.